The quantitative estimate of drug-likeness (QED) is 0.830. The van der Waals surface area contributed by atoms with Gasteiger partial charge in [0.05, 0.1) is 11.8 Å². The van der Waals surface area contributed by atoms with E-state index >= 15 is 0 Å². The van der Waals surface area contributed by atoms with E-state index in [0.717, 1.165) is 36.3 Å². The lowest BCUT2D eigenvalue weighted by atomic mass is 10.0. The second-order valence-electron chi connectivity index (χ2n) is 4.81. The molecule has 1 aliphatic carbocycles. The highest BCUT2D eigenvalue weighted by atomic mass is 16.5. The Morgan fingerprint density at radius 2 is 1.78 bits per heavy atom. The second kappa shape index (κ2) is 4.73. The van der Waals surface area contributed by atoms with E-state index in [0.29, 0.717) is 6.10 Å². The Morgan fingerprint density at radius 1 is 1.00 bits per heavy atom. The first-order valence-electron chi connectivity index (χ1n) is 6.41. The van der Waals surface area contributed by atoms with Crippen molar-refractivity contribution in [3.63, 3.8) is 0 Å². The number of ether oxygens (including phenoxy) is 1. The molecule has 0 heterocycles. The van der Waals surface area contributed by atoms with E-state index in [4.69, 9.17) is 10.5 Å². The largest absolute Gasteiger partial charge is 0.488 e. The molecule has 0 bridgehead atoms. The first-order chi connectivity index (χ1) is 8.83. The minimum absolute atomic E-state index is 0.388. The van der Waals surface area contributed by atoms with Crippen molar-refractivity contribution in [1.29, 1.82) is 0 Å². The van der Waals surface area contributed by atoms with Gasteiger partial charge in [0, 0.05) is 0 Å². The summed E-state index contributed by atoms with van der Waals surface area (Å²) < 4.78 is 5.81. The Morgan fingerprint density at radius 3 is 2.50 bits per heavy atom. The van der Waals surface area contributed by atoms with Crippen LogP contribution in [0.4, 0.5) is 5.69 Å². The van der Waals surface area contributed by atoms with Crippen LogP contribution >= 0.6 is 0 Å². The lowest BCUT2D eigenvalue weighted by Gasteiger charge is -2.12. The molecule has 1 fully saturated rings. The summed E-state index contributed by atoms with van der Waals surface area (Å²) >= 11 is 0. The van der Waals surface area contributed by atoms with Gasteiger partial charge in [-0.15, -0.1) is 0 Å². The molecule has 2 aromatic rings. The molecule has 92 valence electrons. The smallest absolute Gasteiger partial charge is 0.142 e. The number of anilines is 1. The number of rotatable bonds is 4. The van der Waals surface area contributed by atoms with Crippen LogP contribution in [0, 0.1) is 0 Å². The number of hydrogen-bond acceptors (Lipinski definition) is 2. The van der Waals surface area contributed by atoms with Gasteiger partial charge in [0.1, 0.15) is 5.75 Å². The summed E-state index contributed by atoms with van der Waals surface area (Å²) in [5, 5.41) is 0. The maximum atomic E-state index is 6.18. The summed E-state index contributed by atoms with van der Waals surface area (Å²) in [5.74, 6) is 0.839. The lowest BCUT2D eigenvalue weighted by molar-refractivity contribution is 0.304. The molecule has 18 heavy (non-hydrogen) atoms. The minimum Gasteiger partial charge on any atom is -0.488 e. The van der Waals surface area contributed by atoms with Gasteiger partial charge in [0.2, 0.25) is 0 Å². The topological polar surface area (TPSA) is 35.2 Å². The van der Waals surface area contributed by atoms with Crippen molar-refractivity contribution in [2.75, 3.05) is 5.73 Å². The van der Waals surface area contributed by atoms with Crippen molar-refractivity contribution in [2.45, 2.75) is 25.4 Å². The molecule has 0 radical (unpaired) electrons. The number of nitrogens with two attached hydrogens (primary N) is 1. The predicted molar refractivity (Wildman–Crippen MR) is 73.8 cm³/mol. The maximum Gasteiger partial charge on any atom is 0.142 e. The summed E-state index contributed by atoms with van der Waals surface area (Å²) in [6.07, 6.45) is 3.55. The average Bonchev–Trinajstić information content (AvgIpc) is 3.20. The Balaban J connectivity index is 1.83. The van der Waals surface area contributed by atoms with Gasteiger partial charge in [-0.25, -0.2) is 0 Å². The molecule has 0 unspecified atom stereocenters. The van der Waals surface area contributed by atoms with Gasteiger partial charge >= 0.3 is 0 Å². The van der Waals surface area contributed by atoms with E-state index < -0.39 is 0 Å². The van der Waals surface area contributed by atoms with Gasteiger partial charge in [-0.2, -0.15) is 0 Å². The molecular weight excluding hydrogens is 222 g/mol. The van der Waals surface area contributed by atoms with Crippen LogP contribution in [-0.2, 0) is 6.42 Å². The molecule has 0 aromatic heterocycles. The molecule has 0 amide bonds. The summed E-state index contributed by atoms with van der Waals surface area (Å²) in [6.45, 7) is 0. The third-order valence-corrected chi connectivity index (χ3v) is 3.21. The molecule has 0 spiro atoms. The third-order valence-electron chi connectivity index (χ3n) is 3.21. The molecule has 1 saturated carbocycles. The van der Waals surface area contributed by atoms with Crippen LogP contribution in [-0.4, -0.2) is 6.10 Å². The van der Waals surface area contributed by atoms with Crippen LogP contribution in [0.15, 0.2) is 48.5 Å². The minimum atomic E-state index is 0.388. The van der Waals surface area contributed by atoms with Crippen molar-refractivity contribution in [3.8, 4) is 5.75 Å². The van der Waals surface area contributed by atoms with Gasteiger partial charge in [0.15, 0.2) is 0 Å². The molecule has 3 rings (SSSR count). The van der Waals surface area contributed by atoms with Gasteiger partial charge in [-0.3, -0.25) is 0 Å². The van der Waals surface area contributed by atoms with Gasteiger partial charge in [0.25, 0.3) is 0 Å². The standard InChI is InChI=1S/C16H17NO/c17-16-13(11-12-5-2-1-3-6-12)7-4-8-15(16)18-14-9-10-14/h1-8,14H,9-11,17H2. The van der Waals surface area contributed by atoms with Crippen LogP contribution in [0.2, 0.25) is 0 Å². The van der Waals surface area contributed by atoms with Crippen LogP contribution < -0.4 is 10.5 Å². The molecule has 0 saturated heterocycles. The highest BCUT2D eigenvalue weighted by Crippen LogP contribution is 2.33. The highest BCUT2D eigenvalue weighted by molar-refractivity contribution is 5.59. The van der Waals surface area contributed by atoms with Gasteiger partial charge < -0.3 is 10.5 Å². The van der Waals surface area contributed by atoms with E-state index in [1.54, 1.807) is 0 Å². The normalized spacial score (nSPS) is 14.4. The molecule has 1 aliphatic rings. The Hall–Kier alpha value is -1.96. The van der Waals surface area contributed by atoms with Crippen molar-refractivity contribution >= 4 is 5.69 Å². The first-order valence-corrected chi connectivity index (χ1v) is 6.41. The van der Waals surface area contributed by atoms with E-state index in [1.165, 1.54) is 5.56 Å². The summed E-state index contributed by atoms with van der Waals surface area (Å²) in [5.41, 5.74) is 9.38. The predicted octanol–water partition coefficient (Wildman–Crippen LogP) is 3.40. The summed E-state index contributed by atoms with van der Waals surface area (Å²) in [6, 6.07) is 16.4. The number of benzene rings is 2. The highest BCUT2D eigenvalue weighted by Gasteiger charge is 2.24. The fraction of sp³-hybridized carbons (Fsp3) is 0.250. The van der Waals surface area contributed by atoms with Gasteiger partial charge in [-0.1, -0.05) is 42.5 Å². The van der Waals surface area contributed by atoms with E-state index in [9.17, 15) is 0 Å². The van der Waals surface area contributed by atoms with Crippen molar-refractivity contribution in [2.24, 2.45) is 0 Å². The molecule has 2 nitrogen and oxygen atoms in total. The molecule has 2 heteroatoms. The molecule has 2 N–H and O–H groups in total. The third kappa shape index (κ3) is 2.48. The number of nitrogen functional groups attached to an aromatic ring is 1. The van der Waals surface area contributed by atoms with Gasteiger partial charge in [-0.05, 0) is 36.5 Å². The van der Waals surface area contributed by atoms with E-state index in [-0.39, 0.29) is 0 Å². The van der Waals surface area contributed by atoms with Crippen LogP contribution in [0.3, 0.4) is 0 Å². The van der Waals surface area contributed by atoms with Crippen molar-refractivity contribution < 1.29 is 4.74 Å². The van der Waals surface area contributed by atoms with E-state index in [1.807, 2.05) is 18.2 Å². The van der Waals surface area contributed by atoms with Crippen LogP contribution in [0.1, 0.15) is 24.0 Å². The molecule has 0 aliphatic heterocycles. The Kier molecular flexibility index (Phi) is 2.93. The fourth-order valence-electron chi connectivity index (χ4n) is 2.03. The Bertz CT molecular complexity index is 532. The average molecular weight is 239 g/mol. The maximum absolute atomic E-state index is 6.18. The monoisotopic (exact) mass is 239 g/mol. The first kappa shape index (κ1) is 11.1. The van der Waals surface area contributed by atoms with Crippen molar-refractivity contribution in [3.05, 3.63) is 59.7 Å². The molecule has 0 atom stereocenters. The van der Waals surface area contributed by atoms with E-state index in [2.05, 4.69) is 30.3 Å². The Labute approximate surface area is 107 Å². The second-order valence-corrected chi connectivity index (χ2v) is 4.81. The van der Waals surface area contributed by atoms with Crippen LogP contribution in [0.5, 0.6) is 5.75 Å². The zero-order valence-corrected chi connectivity index (χ0v) is 10.3. The molecular formula is C16H17NO. The number of para-hydroxylation sites is 1. The number of hydrogen-bond donors (Lipinski definition) is 1. The SMILES string of the molecule is Nc1c(Cc2ccccc2)cccc1OC1CC1. The fourth-order valence-corrected chi connectivity index (χ4v) is 2.03. The lowest BCUT2D eigenvalue weighted by Crippen LogP contribution is -2.03. The molecule has 2 aromatic carbocycles. The van der Waals surface area contributed by atoms with Crippen molar-refractivity contribution in [1.82, 2.24) is 0 Å². The summed E-state index contributed by atoms with van der Waals surface area (Å²) in [4.78, 5) is 0. The zero-order chi connectivity index (χ0) is 12.4. The van der Waals surface area contributed by atoms with Crippen LogP contribution in [0.25, 0.3) is 0 Å². The zero-order valence-electron chi connectivity index (χ0n) is 10.3. The summed E-state index contributed by atoms with van der Waals surface area (Å²) in [7, 11) is 0.